The fourth-order valence-electron chi connectivity index (χ4n) is 3.28. The molecule has 1 unspecified atom stereocenters. The average Bonchev–Trinajstić information content (AvgIpc) is 2.55. The van der Waals surface area contributed by atoms with E-state index in [0.29, 0.717) is 12.3 Å². The summed E-state index contributed by atoms with van der Waals surface area (Å²) >= 11 is 0. The van der Waals surface area contributed by atoms with Gasteiger partial charge in [-0.05, 0) is 43.9 Å². The Hall–Kier alpha value is -1.62. The Balaban J connectivity index is 1.87. The van der Waals surface area contributed by atoms with Crippen molar-refractivity contribution in [3.8, 4) is 0 Å². The molecular formula is C17H27N3O2. The molecule has 5 heteroatoms. The molecule has 0 aromatic carbocycles. The lowest BCUT2D eigenvalue weighted by Gasteiger charge is -2.36. The first kappa shape index (κ1) is 16.7. The molecular weight excluding hydrogens is 278 g/mol. The van der Waals surface area contributed by atoms with Crippen LogP contribution in [0, 0.1) is 5.92 Å². The highest BCUT2D eigenvalue weighted by atomic mass is 16.4. The van der Waals surface area contributed by atoms with Crippen molar-refractivity contribution in [3.63, 3.8) is 0 Å². The number of rotatable bonds is 7. The zero-order valence-electron chi connectivity index (χ0n) is 13.6. The normalized spacial score (nSPS) is 17.7. The highest BCUT2D eigenvalue weighted by Crippen LogP contribution is 2.23. The molecule has 1 saturated heterocycles. The van der Waals surface area contributed by atoms with Crippen LogP contribution in [0.15, 0.2) is 24.4 Å². The summed E-state index contributed by atoms with van der Waals surface area (Å²) in [6.07, 6.45) is 4.70. The molecule has 1 aromatic heterocycles. The molecule has 0 radical (unpaired) electrons. The van der Waals surface area contributed by atoms with Gasteiger partial charge in [-0.3, -0.25) is 9.69 Å². The molecule has 1 aliphatic heterocycles. The zero-order chi connectivity index (χ0) is 15.9. The number of carboxylic acid groups (broad SMARTS) is 1. The van der Waals surface area contributed by atoms with Gasteiger partial charge in [0, 0.05) is 25.8 Å². The van der Waals surface area contributed by atoms with Crippen LogP contribution in [0.4, 0.5) is 5.82 Å². The van der Waals surface area contributed by atoms with Gasteiger partial charge in [0.2, 0.25) is 0 Å². The number of nitrogens with zero attached hydrogens (tertiary/aromatic N) is 3. The first-order valence-electron chi connectivity index (χ1n) is 8.28. The second kappa shape index (κ2) is 8.13. The van der Waals surface area contributed by atoms with Crippen LogP contribution in [0.2, 0.25) is 0 Å². The second-order valence-corrected chi connectivity index (χ2v) is 5.97. The summed E-state index contributed by atoms with van der Waals surface area (Å²) in [6.45, 7) is 7.69. The molecule has 1 N–H and O–H groups in total. The van der Waals surface area contributed by atoms with Crippen LogP contribution in [0.3, 0.4) is 0 Å². The van der Waals surface area contributed by atoms with Gasteiger partial charge in [0.15, 0.2) is 0 Å². The van der Waals surface area contributed by atoms with E-state index in [1.807, 2.05) is 25.3 Å². The first-order valence-corrected chi connectivity index (χ1v) is 8.28. The van der Waals surface area contributed by atoms with Crippen molar-refractivity contribution in [1.29, 1.82) is 0 Å². The number of likely N-dealkylation sites (N-methyl/N-ethyl adjacent to an activating group) is 1. The van der Waals surface area contributed by atoms with Crippen LogP contribution in [0.5, 0.6) is 0 Å². The Bertz CT molecular complexity index is 458. The molecule has 0 saturated carbocycles. The van der Waals surface area contributed by atoms with E-state index in [-0.39, 0.29) is 6.04 Å². The molecule has 2 heterocycles. The zero-order valence-corrected chi connectivity index (χ0v) is 13.6. The number of carbonyl (C=O) groups is 1. The van der Waals surface area contributed by atoms with Gasteiger partial charge in [-0.1, -0.05) is 19.9 Å². The maximum atomic E-state index is 11.4. The Morgan fingerprint density at radius 3 is 2.64 bits per heavy atom. The van der Waals surface area contributed by atoms with Gasteiger partial charge in [-0.25, -0.2) is 4.98 Å². The number of aromatic nitrogens is 1. The van der Waals surface area contributed by atoms with Crippen molar-refractivity contribution >= 4 is 11.8 Å². The van der Waals surface area contributed by atoms with Crippen LogP contribution in [-0.4, -0.2) is 53.2 Å². The third-order valence-electron chi connectivity index (χ3n) is 4.60. The van der Waals surface area contributed by atoms with Crippen LogP contribution < -0.4 is 4.90 Å². The van der Waals surface area contributed by atoms with Gasteiger partial charge >= 0.3 is 5.97 Å². The fraction of sp³-hybridized carbons (Fsp3) is 0.647. The summed E-state index contributed by atoms with van der Waals surface area (Å²) in [5.41, 5.74) is 0. The SMILES string of the molecule is CCC(C(=O)O)N(CC)CC1CCN(c2ccccn2)CC1. The molecule has 1 aliphatic rings. The lowest BCUT2D eigenvalue weighted by molar-refractivity contribution is -0.143. The topological polar surface area (TPSA) is 56.7 Å². The summed E-state index contributed by atoms with van der Waals surface area (Å²) < 4.78 is 0. The lowest BCUT2D eigenvalue weighted by Crippen LogP contribution is -2.45. The Labute approximate surface area is 132 Å². The molecule has 1 atom stereocenters. The van der Waals surface area contributed by atoms with Crippen molar-refractivity contribution in [1.82, 2.24) is 9.88 Å². The van der Waals surface area contributed by atoms with E-state index in [9.17, 15) is 9.90 Å². The van der Waals surface area contributed by atoms with Gasteiger partial charge in [-0.15, -0.1) is 0 Å². The number of pyridine rings is 1. The number of anilines is 1. The number of carboxylic acids is 1. The molecule has 5 nitrogen and oxygen atoms in total. The monoisotopic (exact) mass is 305 g/mol. The Morgan fingerprint density at radius 2 is 2.14 bits per heavy atom. The summed E-state index contributed by atoms with van der Waals surface area (Å²) in [4.78, 5) is 20.2. The first-order chi connectivity index (χ1) is 10.7. The lowest BCUT2D eigenvalue weighted by atomic mass is 9.95. The molecule has 22 heavy (non-hydrogen) atoms. The average molecular weight is 305 g/mol. The van der Waals surface area contributed by atoms with Gasteiger partial charge in [-0.2, -0.15) is 0 Å². The molecule has 122 valence electrons. The van der Waals surface area contributed by atoms with Crippen LogP contribution >= 0.6 is 0 Å². The van der Waals surface area contributed by atoms with E-state index in [4.69, 9.17) is 0 Å². The summed E-state index contributed by atoms with van der Waals surface area (Å²) in [6, 6.07) is 5.66. The van der Waals surface area contributed by atoms with E-state index in [1.54, 1.807) is 0 Å². The van der Waals surface area contributed by atoms with Crippen molar-refractivity contribution in [2.45, 2.75) is 39.2 Å². The molecule has 1 aromatic rings. The smallest absolute Gasteiger partial charge is 0.320 e. The van der Waals surface area contributed by atoms with Crippen molar-refractivity contribution < 1.29 is 9.90 Å². The van der Waals surface area contributed by atoms with E-state index in [1.165, 1.54) is 0 Å². The van der Waals surface area contributed by atoms with Gasteiger partial charge in [0.1, 0.15) is 11.9 Å². The number of piperidine rings is 1. The van der Waals surface area contributed by atoms with Gasteiger partial charge in [0.25, 0.3) is 0 Å². The number of hydrogen-bond acceptors (Lipinski definition) is 4. The van der Waals surface area contributed by atoms with Crippen molar-refractivity contribution in [2.24, 2.45) is 5.92 Å². The van der Waals surface area contributed by atoms with E-state index in [2.05, 4.69) is 27.8 Å². The summed E-state index contributed by atoms with van der Waals surface area (Å²) in [7, 11) is 0. The summed E-state index contributed by atoms with van der Waals surface area (Å²) in [5, 5.41) is 9.34. The molecule has 0 spiro atoms. The van der Waals surface area contributed by atoms with Crippen LogP contribution in [0.1, 0.15) is 33.1 Å². The Morgan fingerprint density at radius 1 is 1.41 bits per heavy atom. The predicted molar refractivity (Wildman–Crippen MR) is 88.1 cm³/mol. The third kappa shape index (κ3) is 4.19. The molecule has 0 aliphatic carbocycles. The van der Waals surface area contributed by atoms with Crippen molar-refractivity contribution in [3.05, 3.63) is 24.4 Å². The number of hydrogen-bond donors (Lipinski definition) is 1. The standard InChI is InChI=1S/C17H27N3O2/c1-3-15(17(21)22)19(4-2)13-14-8-11-20(12-9-14)16-7-5-6-10-18-16/h5-7,10,14-15H,3-4,8-9,11-13H2,1-2H3,(H,21,22). The highest BCUT2D eigenvalue weighted by molar-refractivity contribution is 5.73. The Kier molecular flexibility index (Phi) is 6.19. The highest BCUT2D eigenvalue weighted by Gasteiger charge is 2.27. The van der Waals surface area contributed by atoms with Crippen LogP contribution in [0.25, 0.3) is 0 Å². The predicted octanol–water partition coefficient (Wildman–Crippen LogP) is 2.48. The second-order valence-electron chi connectivity index (χ2n) is 5.97. The minimum Gasteiger partial charge on any atom is -0.480 e. The minimum absolute atomic E-state index is 0.348. The largest absolute Gasteiger partial charge is 0.480 e. The van der Waals surface area contributed by atoms with Crippen molar-refractivity contribution in [2.75, 3.05) is 31.1 Å². The maximum absolute atomic E-state index is 11.4. The number of aliphatic carboxylic acids is 1. The van der Waals surface area contributed by atoms with E-state index < -0.39 is 5.97 Å². The molecule has 0 bridgehead atoms. The third-order valence-corrected chi connectivity index (χ3v) is 4.60. The summed E-state index contributed by atoms with van der Waals surface area (Å²) in [5.74, 6) is 0.925. The van der Waals surface area contributed by atoms with E-state index in [0.717, 1.165) is 44.8 Å². The van der Waals surface area contributed by atoms with Crippen LogP contribution in [-0.2, 0) is 4.79 Å². The minimum atomic E-state index is -0.699. The van der Waals surface area contributed by atoms with Gasteiger partial charge < -0.3 is 10.0 Å². The fourth-order valence-corrected chi connectivity index (χ4v) is 3.28. The molecule has 1 fully saturated rings. The quantitative estimate of drug-likeness (QED) is 0.838. The molecule has 0 amide bonds. The van der Waals surface area contributed by atoms with Gasteiger partial charge in [0.05, 0.1) is 0 Å². The maximum Gasteiger partial charge on any atom is 0.320 e. The van der Waals surface area contributed by atoms with E-state index >= 15 is 0 Å². The molecule has 2 rings (SSSR count).